The second-order valence-corrected chi connectivity index (χ2v) is 6.17. The summed E-state index contributed by atoms with van der Waals surface area (Å²) in [5, 5.41) is 6.49. The summed E-state index contributed by atoms with van der Waals surface area (Å²) in [5.41, 5.74) is 1.84. The fraction of sp³-hybridized carbons (Fsp3) is 0.588. The van der Waals surface area contributed by atoms with E-state index in [0.717, 1.165) is 23.0 Å². The van der Waals surface area contributed by atoms with Crippen molar-refractivity contribution in [3.8, 4) is 5.75 Å². The summed E-state index contributed by atoms with van der Waals surface area (Å²) in [6, 6.07) is 6.50. The molecular formula is C17H24N2O2. The lowest BCUT2D eigenvalue weighted by atomic mass is 9.98. The lowest BCUT2D eigenvalue weighted by Gasteiger charge is -2.22. The van der Waals surface area contributed by atoms with Crippen molar-refractivity contribution in [3.05, 3.63) is 18.2 Å². The Hall–Kier alpha value is -1.71. The Kier molecular flexibility index (Phi) is 4.32. The smallest absolute Gasteiger partial charge is 0.262 e. The molecule has 1 aromatic carbocycles. The topological polar surface area (TPSA) is 50.4 Å². The molecule has 0 saturated heterocycles. The molecule has 2 N–H and O–H groups in total. The Labute approximate surface area is 126 Å². The van der Waals surface area contributed by atoms with E-state index in [4.69, 9.17) is 4.74 Å². The number of carbonyl (C=O) groups is 1. The number of ether oxygens (including phenoxy) is 1. The van der Waals surface area contributed by atoms with Crippen LogP contribution in [0.2, 0.25) is 0 Å². The van der Waals surface area contributed by atoms with Crippen LogP contribution in [0.5, 0.6) is 5.75 Å². The van der Waals surface area contributed by atoms with Gasteiger partial charge in [0.15, 0.2) is 6.61 Å². The van der Waals surface area contributed by atoms with Gasteiger partial charge in [-0.05, 0) is 43.4 Å². The van der Waals surface area contributed by atoms with Crippen molar-refractivity contribution in [3.63, 3.8) is 0 Å². The lowest BCUT2D eigenvalue weighted by molar-refractivity contribution is -0.118. The lowest BCUT2D eigenvalue weighted by Crippen LogP contribution is -2.25. The highest BCUT2D eigenvalue weighted by Crippen LogP contribution is 2.32. The standard InChI is InChI=1S/C17H24N2O2/c1-2-12-4-3-5-13(7-6-12)18-14-8-9-16-15(10-14)19-17(20)11-21-16/h8-10,12-13,18H,2-7,11H2,1H3,(H,19,20). The highest BCUT2D eigenvalue weighted by atomic mass is 16.5. The molecule has 1 fully saturated rings. The van der Waals surface area contributed by atoms with Crippen LogP contribution in [0.1, 0.15) is 45.4 Å². The maximum atomic E-state index is 11.4. The van der Waals surface area contributed by atoms with E-state index in [-0.39, 0.29) is 12.5 Å². The van der Waals surface area contributed by atoms with Gasteiger partial charge in [-0.3, -0.25) is 4.79 Å². The first-order chi connectivity index (χ1) is 10.2. The van der Waals surface area contributed by atoms with Gasteiger partial charge in [-0.25, -0.2) is 0 Å². The summed E-state index contributed by atoms with van der Waals surface area (Å²) in [6.07, 6.45) is 7.76. The van der Waals surface area contributed by atoms with Crippen LogP contribution < -0.4 is 15.4 Å². The van der Waals surface area contributed by atoms with Crippen molar-refractivity contribution >= 4 is 17.3 Å². The molecule has 1 saturated carbocycles. The van der Waals surface area contributed by atoms with Gasteiger partial charge in [-0.2, -0.15) is 0 Å². The Morgan fingerprint density at radius 1 is 1.29 bits per heavy atom. The highest BCUT2D eigenvalue weighted by Gasteiger charge is 2.19. The van der Waals surface area contributed by atoms with Crippen LogP contribution in [0.4, 0.5) is 11.4 Å². The number of carbonyl (C=O) groups excluding carboxylic acids is 1. The quantitative estimate of drug-likeness (QED) is 0.832. The zero-order valence-corrected chi connectivity index (χ0v) is 12.7. The summed E-state index contributed by atoms with van der Waals surface area (Å²) in [7, 11) is 0. The molecule has 1 aliphatic carbocycles. The number of anilines is 2. The van der Waals surface area contributed by atoms with Crippen LogP contribution in [0.3, 0.4) is 0 Å². The third kappa shape index (κ3) is 3.49. The van der Waals surface area contributed by atoms with Crippen LogP contribution >= 0.6 is 0 Å². The van der Waals surface area contributed by atoms with Crippen LogP contribution in [-0.4, -0.2) is 18.6 Å². The van der Waals surface area contributed by atoms with Gasteiger partial charge in [0, 0.05) is 11.7 Å². The van der Waals surface area contributed by atoms with Gasteiger partial charge in [-0.15, -0.1) is 0 Å². The van der Waals surface area contributed by atoms with E-state index in [0.29, 0.717) is 6.04 Å². The molecule has 1 amide bonds. The molecule has 0 radical (unpaired) electrons. The summed E-state index contributed by atoms with van der Waals surface area (Å²) in [5.74, 6) is 1.57. The van der Waals surface area contributed by atoms with Gasteiger partial charge in [0.05, 0.1) is 5.69 Å². The van der Waals surface area contributed by atoms with E-state index in [9.17, 15) is 4.79 Å². The molecule has 2 atom stereocenters. The van der Waals surface area contributed by atoms with E-state index >= 15 is 0 Å². The third-order valence-corrected chi connectivity index (χ3v) is 4.65. The van der Waals surface area contributed by atoms with Crippen LogP contribution in [0.25, 0.3) is 0 Å². The molecule has 1 aromatic rings. The van der Waals surface area contributed by atoms with E-state index in [1.807, 2.05) is 18.2 Å². The van der Waals surface area contributed by atoms with Crippen molar-refractivity contribution in [2.75, 3.05) is 17.2 Å². The molecule has 1 heterocycles. The van der Waals surface area contributed by atoms with E-state index < -0.39 is 0 Å². The predicted octanol–water partition coefficient (Wildman–Crippen LogP) is 3.79. The van der Waals surface area contributed by atoms with Gasteiger partial charge in [0.2, 0.25) is 0 Å². The van der Waals surface area contributed by atoms with Crippen molar-refractivity contribution in [2.24, 2.45) is 5.92 Å². The molecule has 1 aliphatic heterocycles. The summed E-state index contributed by atoms with van der Waals surface area (Å²) in [6.45, 7) is 2.41. The fourth-order valence-electron chi connectivity index (χ4n) is 3.34. The number of fused-ring (bicyclic) bond motifs is 1. The minimum atomic E-state index is -0.0834. The largest absolute Gasteiger partial charge is 0.482 e. The van der Waals surface area contributed by atoms with Gasteiger partial charge >= 0.3 is 0 Å². The van der Waals surface area contributed by atoms with Crippen LogP contribution in [-0.2, 0) is 4.79 Å². The maximum Gasteiger partial charge on any atom is 0.262 e. The van der Waals surface area contributed by atoms with Gasteiger partial charge in [0.25, 0.3) is 5.91 Å². The molecule has 2 unspecified atom stereocenters. The molecule has 2 aliphatic rings. The molecule has 0 aromatic heterocycles. The summed E-state index contributed by atoms with van der Waals surface area (Å²) >= 11 is 0. The summed E-state index contributed by atoms with van der Waals surface area (Å²) in [4.78, 5) is 11.4. The molecule has 4 heteroatoms. The Balaban J connectivity index is 1.65. The Morgan fingerprint density at radius 2 is 2.19 bits per heavy atom. The van der Waals surface area contributed by atoms with Crippen molar-refractivity contribution in [1.29, 1.82) is 0 Å². The third-order valence-electron chi connectivity index (χ3n) is 4.65. The average Bonchev–Trinajstić information content (AvgIpc) is 2.72. The predicted molar refractivity (Wildman–Crippen MR) is 84.8 cm³/mol. The zero-order valence-electron chi connectivity index (χ0n) is 12.7. The van der Waals surface area contributed by atoms with Gasteiger partial charge in [-0.1, -0.05) is 26.2 Å². The first-order valence-corrected chi connectivity index (χ1v) is 8.08. The van der Waals surface area contributed by atoms with E-state index in [1.165, 1.54) is 38.5 Å². The molecule has 4 nitrogen and oxygen atoms in total. The van der Waals surface area contributed by atoms with E-state index in [2.05, 4.69) is 17.6 Å². The molecular weight excluding hydrogens is 264 g/mol. The molecule has 0 spiro atoms. The van der Waals surface area contributed by atoms with Gasteiger partial charge in [0.1, 0.15) is 5.75 Å². The minimum Gasteiger partial charge on any atom is -0.482 e. The monoisotopic (exact) mass is 288 g/mol. The Bertz CT molecular complexity index is 516. The fourth-order valence-corrected chi connectivity index (χ4v) is 3.34. The number of hydrogen-bond donors (Lipinski definition) is 2. The molecule has 21 heavy (non-hydrogen) atoms. The van der Waals surface area contributed by atoms with Crippen molar-refractivity contribution in [1.82, 2.24) is 0 Å². The summed E-state index contributed by atoms with van der Waals surface area (Å²) < 4.78 is 5.39. The zero-order chi connectivity index (χ0) is 14.7. The number of amides is 1. The first kappa shape index (κ1) is 14.2. The molecule has 0 bridgehead atoms. The van der Waals surface area contributed by atoms with Gasteiger partial charge < -0.3 is 15.4 Å². The molecule has 3 rings (SSSR count). The number of rotatable bonds is 3. The molecule has 114 valence electrons. The van der Waals surface area contributed by atoms with Crippen LogP contribution in [0.15, 0.2) is 18.2 Å². The van der Waals surface area contributed by atoms with Crippen LogP contribution in [0, 0.1) is 5.92 Å². The Morgan fingerprint density at radius 3 is 3.05 bits per heavy atom. The average molecular weight is 288 g/mol. The minimum absolute atomic E-state index is 0.0834. The second-order valence-electron chi connectivity index (χ2n) is 6.17. The van der Waals surface area contributed by atoms with E-state index in [1.54, 1.807) is 0 Å². The number of benzene rings is 1. The van der Waals surface area contributed by atoms with Crippen molar-refractivity contribution in [2.45, 2.75) is 51.5 Å². The number of hydrogen-bond acceptors (Lipinski definition) is 3. The number of nitrogens with one attached hydrogen (secondary N) is 2. The normalized spacial score (nSPS) is 25.3. The SMILES string of the molecule is CCC1CCCC(Nc2ccc3c(c2)NC(=O)CO3)CC1. The second kappa shape index (κ2) is 6.37. The van der Waals surface area contributed by atoms with Crippen molar-refractivity contribution < 1.29 is 9.53 Å². The highest BCUT2D eigenvalue weighted by molar-refractivity contribution is 5.96. The first-order valence-electron chi connectivity index (χ1n) is 8.08. The maximum absolute atomic E-state index is 11.4.